The number of rotatable bonds is 4. The lowest BCUT2D eigenvalue weighted by atomic mass is 9.63. The molecule has 0 aromatic heterocycles. The van der Waals surface area contributed by atoms with E-state index in [4.69, 9.17) is 0 Å². The van der Waals surface area contributed by atoms with Crippen molar-refractivity contribution in [3.05, 3.63) is 60.7 Å². The first-order chi connectivity index (χ1) is 11.1. The van der Waals surface area contributed by atoms with E-state index in [0.29, 0.717) is 0 Å². The molecule has 0 aliphatic heterocycles. The molecular weight excluding hydrogens is 311 g/mol. The van der Waals surface area contributed by atoms with E-state index >= 15 is 0 Å². The smallest absolute Gasteiger partial charge is 0.0788 e. The summed E-state index contributed by atoms with van der Waals surface area (Å²) in [5, 5.41) is 14.4. The molecule has 0 unspecified atom stereocenters. The van der Waals surface area contributed by atoms with E-state index in [1.165, 1.54) is 10.6 Å². The fourth-order valence-corrected chi connectivity index (χ4v) is 6.51. The Labute approximate surface area is 148 Å². The molecule has 0 radical (unpaired) electrons. The molecule has 0 atom stereocenters. The zero-order valence-electron chi connectivity index (χ0n) is 15.9. The quantitative estimate of drug-likeness (QED) is 0.780. The van der Waals surface area contributed by atoms with Crippen LogP contribution in [0.25, 0.3) is 0 Å². The first-order valence-corrected chi connectivity index (χ1v) is 10.2. The van der Waals surface area contributed by atoms with Crippen LogP contribution in [0.4, 0.5) is 0 Å². The van der Waals surface area contributed by atoms with Crippen LogP contribution in [-0.4, -0.2) is 16.9 Å². The molecule has 0 amide bonds. The van der Waals surface area contributed by atoms with Crippen LogP contribution in [0.15, 0.2) is 60.7 Å². The third-order valence-corrected chi connectivity index (χ3v) is 7.62. The first kappa shape index (κ1) is 19.2. The summed E-state index contributed by atoms with van der Waals surface area (Å²) in [7, 11) is -0.617. The lowest BCUT2D eigenvalue weighted by Gasteiger charge is -2.51. The van der Waals surface area contributed by atoms with Gasteiger partial charge in [0.25, 0.3) is 0 Å². The van der Waals surface area contributed by atoms with Gasteiger partial charge in [0.1, 0.15) is 0 Å². The molecule has 24 heavy (non-hydrogen) atoms. The molecule has 0 aliphatic carbocycles. The topological polar surface area (TPSA) is 20.2 Å². The monoisotopic (exact) mass is 342 g/mol. The van der Waals surface area contributed by atoms with Crippen LogP contribution < -0.4 is 10.6 Å². The average molecular weight is 342 g/mol. The molecule has 0 saturated carbocycles. The lowest BCUT2D eigenvalue weighted by molar-refractivity contribution is -0.118. The molecule has 0 spiro atoms. The van der Waals surface area contributed by atoms with E-state index in [0.717, 1.165) is 6.16 Å². The molecule has 0 fully saturated rings. The van der Waals surface area contributed by atoms with Gasteiger partial charge in [-0.1, -0.05) is 102 Å². The molecule has 2 heteroatoms. The van der Waals surface area contributed by atoms with E-state index in [9.17, 15) is 5.11 Å². The van der Waals surface area contributed by atoms with Gasteiger partial charge in [-0.3, -0.25) is 0 Å². The van der Waals surface area contributed by atoms with Crippen molar-refractivity contribution in [1.82, 2.24) is 0 Å². The maximum Gasteiger partial charge on any atom is 0.0788 e. The third kappa shape index (κ3) is 3.90. The molecule has 1 nitrogen and oxygen atoms in total. The Balaban J connectivity index is 2.52. The minimum absolute atomic E-state index is 0.199. The molecule has 0 bridgehead atoms. The number of hydrogen-bond acceptors (Lipinski definition) is 1. The second-order valence-electron chi connectivity index (χ2n) is 8.62. The summed E-state index contributed by atoms with van der Waals surface area (Å²) in [6.07, 6.45) is 0.767. The Hall–Kier alpha value is -1.17. The zero-order valence-corrected chi connectivity index (χ0v) is 16.8. The molecule has 0 heterocycles. The summed E-state index contributed by atoms with van der Waals surface area (Å²) in [6.45, 7) is 12.9. The summed E-state index contributed by atoms with van der Waals surface area (Å²) in [5.74, 6) is 0. The molecule has 0 saturated heterocycles. The minimum Gasteiger partial charge on any atom is -0.388 e. The maximum atomic E-state index is 11.8. The van der Waals surface area contributed by atoms with Crippen LogP contribution >= 0.6 is 7.92 Å². The summed E-state index contributed by atoms with van der Waals surface area (Å²) in [6, 6.07) is 21.3. The highest BCUT2D eigenvalue weighted by Crippen LogP contribution is 2.51. The molecule has 2 aromatic rings. The van der Waals surface area contributed by atoms with Gasteiger partial charge in [0.05, 0.1) is 5.60 Å². The number of hydrogen-bond donors (Lipinski definition) is 1. The van der Waals surface area contributed by atoms with Crippen molar-refractivity contribution in [2.45, 2.75) is 47.1 Å². The SMILES string of the molecule is CC(C)(C)C(O)(CP(c1ccccc1)c1ccccc1)C(C)(C)C. The Kier molecular flexibility index (Phi) is 5.57. The number of aliphatic hydroxyl groups is 1. The summed E-state index contributed by atoms with van der Waals surface area (Å²) < 4.78 is 0. The summed E-state index contributed by atoms with van der Waals surface area (Å²) in [4.78, 5) is 0. The van der Waals surface area contributed by atoms with Gasteiger partial charge in [0.2, 0.25) is 0 Å². The molecule has 0 aliphatic rings. The Bertz CT molecular complexity index is 582. The van der Waals surface area contributed by atoms with E-state index < -0.39 is 13.5 Å². The van der Waals surface area contributed by atoms with Crippen molar-refractivity contribution in [3.8, 4) is 0 Å². The lowest BCUT2D eigenvalue weighted by Crippen LogP contribution is -2.56. The van der Waals surface area contributed by atoms with Gasteiger partial charge in [0.15, 0.2) is 0 Å². The van der Waals surface area contributed by atoms with E-state index in [2.05, 4.69) is 102 Å². The zero-order chi connectivity index (χ0) is 18.0. The molecule has 2 rings (SSSR count). The second kappa shape index (κ2) is 6.98. The Morgan fingerprint density at radius 3 is 1.29 bits per heavy atom. The summed E-state index contributed by atoms with van der Waals surface area (Å²) >= 11 is 0. The predicted molar refractivity (Wildman–Crippen MR) is 108 cm³/mol. The summed E-state index contributed by atoms with van der Waals surface area (Å²) in [5.41, 5.74) is -1.16. The van der Waals surface area contributed by atoms with Gasteiger partial charge < -0.3 is 5.11 Å². The Morgan fingerprint density at radius 2 is 1.00 bits per heavy atom. The van der Waals surface area contributed by atoms with Crippen LogP contribution in [-0.2, 0) is 0 Å². The average Bonchev–Trinajstić information content (AvgIpc) is 2.52. The Morgan fingerprint density at radius 1 is 0.667 bits per heavy atom. The van der Waals surface area contributed by atoms with Gasteiger partial charge in [-0.2, -0.15) is 0 Å². The van der Waals surface area contributed by atoms with E-state index in [-0.39, 0.29) is 10.8 Å². The maximum absolute atomic E-state index is 11.8. The predicted octanol–water partition coefficient (Wildman–Crippen LogP) is 4.94. The molecule has 1 N–H and O–H groups in total. The highest BCUT2D eigenvalue weighted by atomic mass is 31.1. The van der Waals surface area contributed by atoms with Crippen LogP contribution in [0.1, 0.15) is 41.5 Å². The van der Waals surface area contributed by atoms with Crippen molar-refractivity contribution < 1.29 is 5.11 Å². The van der Waals surface area contributed by atoms with Crippen molar-refractivity contribution >= 4 is 18.5 Å². The van der Waals surface area contributed by atoms with Gasteiger partial charge in [-0.25, -0.2) is 0 Å². The van der Waals surface area contributed by atoms with Gasteiger partial charge in [-0.15, -0.1) is 0 Å². The van der Waals surface area contributed by atoms with Gasteiger partial charge in [-0.05, 0) is 29.4 Å². The molecule has 130 valence electrons. The highest BCUT2D eigenvalue weighted by Gasteiger charge is 2.50. The molecular formula is C22H31OP. The third-order valence-electron chi connectivity index (χ3n) is 5.00. The van der Waals surface area contributed by atoms with E-state index in [1.807, 2.05) is 0 Å². The first-order valence-electron chi connectivity index (χ1n) is 8.66. The van der Waals surface area contributed by atoms with Crippen molar-refractivity contribution in [2.75, 3.05) is 6.16 Å². The minimum atomic E-state index is -0.766. The standard InChI is InChI=1S/C22H31OP/c1-20(2,3)22(23,21(4,5)6)17-24(18-13-9-7-10-14-18)19-15-11-8-12-16-19/h7-16,23H,17H2,1-6H3. The van der Waals surface area contributed by atoms with Gasteiger partial charge in [0, 0.05) is 6.16 Å². The van der Waals surface area contributed by atoms with Crippen LogP contribution in [0.2, 0.25) is 0 Å². The van der Waals surface area contributed by atoms with Crippen molar-refractivity contribution in [1.29, 1.82) is 0 Å². The number of benzene rings is 2. The van der Waals surface area contributed by atoms with Crippen LogP contribution in [0.5, 0.6) is 0 Å². The second-order valence-corrected chi connectivity index (χ2v) is 10.8. The normalized spacial score (nSPS) is 13.3. The van der Waals surface area contributed by atoms with Gasteiger partial charge >= 0.3 is 0 Å². The highest BCUT2D eigenvalue weighted by molar-refractivity contribution is 7.73. The molecule has 2 aromatic carbocycles. The largest absolute Gasteiger partial charge is 0.388 e. The van der Waals surface area contributed by atoms with Crippen molar-refractivity contribution in [2.24, 2.45) is 10.8 Å². The van der Waals surface area contributed by atoms with Crippen molar-refractivity contribution in [3.63, 3.8) is 0 Å². The van der Waals surface area contributed by atoms with E-state index in [1.54, 1.807) is 0 Å². The fraction of sp³-hybridized carbons (Fsp3) is 0.455. The van der Waals surface area contributed by atoms with Crippen LogP contribution in [0, 0.1) is 10.8 Å². The fourth-order valence-electron chi connectivity index (χ4n) is 3.38. The van der Waals surface area contributed by atoms with Crippen LogP contribution in [0.3, 0.4) is 0 Å².